The van der Waals surface area contributed by atoms with Crippen LogP contribution >= 0.6 is 0 Å². The third kappa shape index (κ3) is 5.86. The molecule has 2 aromatic rings. The zero-order valence-electron chi connectivity index (χ0n) is 15.3. The summed E-state index contributed by atoms with van der Waals surface area (Å²) in [5.41, 5.74) is 1.19. The van der Waals surface area contributed by atoms with Crippen molar-refractivity contribution in [2.75, 3.05) is 39.6 Å². The largest absolute Gasteiger partial charge is 0.497 e. The molecule has 2 rings (SSSR count). The molecule has 1 aromatic carbocycles. The number of aromatic nitrogens is 1. The standard InChI is InChI=1S/C19H24N4O3/c1-23(2)11-5-9-21-19(25)17-12-14(8-10-20-17)18(24)22-15-6-4-7-16(13-15)26-3/h4,6-8,10,12-13H,5,9,11H2,1-3H3,(H,21,25)(H,22,24). The summed E-state index contributed by atoms with van der Waals surface area (Å²) in [6, 6.07) is 10.1. The molecule has 2 N–H and O–H groups in total. The summed E-state index contributed by atoms with van der Waals surface area (Å²) < 4.78 is 5.14. The van der Waals surface area contributed by atoms with Crippen LogP contribution in [0.4, 0.5) is 5.69 Å². The summed E-state index contributed by atoms with van der Waals surface area (Å²) >= 11 is 0. The minimum atomic E-state index is -0.317. The van der Waals surface area contributed by atoms with Crippen molar-refractivity contribution in [2.45, 2.75) is 6.42 Å². The van der Waals surface area contributed by atoms with Gasteiger partial charge in [-0.05, 0) is 51.3 Å². The number of methoxy groups -OCH3 is 1. The zero-order chi connectivity index (χ0) is 18.9. The van der Waals surface area contributed by atoms with Crippen molar-refractivity contribution in [3.8, 4) is 5.75 Å². The lowest BCUT2D eigenvalue weighted by atomic mass is 10.2. The van der Waals surface area contributed by atoms with E-state index in [1.165, 1.54) is 12.3 Å². The minimum Gasteiger partial charge on any atom is -0.497 e. The van der Waals surface area contributed by atoms with E-state index in [0.29, 0.717) is 23.5 Å². The van der Waals surface area contributed by atoms with Crippen LogP contribution in [0.25, 0.3) is 0 Å². The molecule has 0 aliphatic carbocycles. The van der Waals surface area contributed by atoms with Gasteiger partial charge in [-0.25, -0.2) is 0 Å². The van der Waals surface area contributed by atoms with E-state index in [1.807, 2.05) is 19.0 Å². The Balaban J connectivity index is 1.98. The van der Waals surface area contributed by atoms with Crippen molar-refractivity contribution < 1.29 is 14.3 Å². The first-order valence-electron chi connectivity index (χ1n) is 8.34. The highest BCUT2D eigenvalue weighted by molar-refractivity contribution is 6.05. The van der Waals surface area contributed by atoms with Crippen LogP contribution in [-0.4, -0.2) is 56.0 Å². The molecule has 0 spiro atoms. The van der Waals surface area contributed by atoms with Crippen molar-refractivity contribution in [3.63, 3.8) is 0 Å². The maximum atomic E-state index is 12.4. The van der Waals surface area contributed by atoms with Crippen LogP contribution < -0.4 is 15.4 Å². The quantitative estimate of drug-likeness (QED) is 0.707. The van der Waals surface area contributed by atoms with Crippen molar-refractivity contribution in [3.05, 3.63) is 53.9 Å². The summed E-state index contributed by atoms with van der Waals surface area (Å²) in [6.07, 6.45) is 2.30. The zero-order valence-corrected chi connectivity index (χ0v) is 15.3. The second-order valence-corrected chi connectivity index (χ2v) is 6.03. The van der Waals surface area contributed by atoms with Gasteiger partial charge >= 0.3 is 0 Å². The lowest BCUT2D eigenvalue weighted by molar-refractivity contribution is 0.0947. The van der Waals surface area contributed by atoms with Crippen molar-refractivity contribution in [2.24, 2.45) is 0 Å². The number of carbonyl (C=O) groups is 2. The molecule has 0 aliphatic rings. The van der Waals surface area contributed by atoms with Crippen LogP contribution in [0.15, 0.2) is 42.6 Å². The minimum absolute atomic E-state index is 0.216. The van der Waals surface area contributed by atoms with Crippen LogP contribution in [0.5, 0.6) is 5.75 Å². The molecule has 0 saturated heterocycles. The van der Waals surface area contributed by atoms with Gasteiger partial charge in [-0.2, -0.15) is 0 Å². The van der Waals surface area contributed by atoms with Crippen LogP contribution in [0, 0.1) is 0 Å². The number of pyridine rings is 1. The van der Waals surface area contributed by atoms with Gasteiger partial charge in [0.05, 0.1) is 7.11 Å². The Morgan fingerprint density at radius 1 is 1.15 bits per heavy atom. The number of nitrogens with zero attached hydrogens (tertiary/aromatic N) is 2. The number of anilines is 1. The van der Waals surface area contributed by atoms with Gasteiger partial charge in [0.1, 0.15) is 11.4 Å². The highest BCUT2D eigenvalue weighted by Gasteiger charge is 2.12. The molecule has 0 bridgehead atoms. The predicted octanol–water partition coefficient (Wildman–Crippen LogP) is 2.02. The monoisotopic (exact) mass is 356 g/mol. The van der Waals surface area contributed by atoms with Gasteiger partial charge in [-0.3, -0.25) is 14.6 Å². The highest BCUT2D eigenvalue weighted by atomic mass is 16.5. The van der Waals surface area contributed by atoms with Gasteiger partial charge in [-0.1, -0.05) is 6.07 Å². The third-order valence-electron chi connectivity index (χ3n) is 3.65. The number of benzene rings is 1. The molecule has 1 heterocycles. The second kappa shape index (κ2) is 9.53. The Morgan fingerprint density at radius 2 is 1.96 bits per heavy atom. The molecule has 0 atom stereocenters. The van der Waals surface area contributed by atoms with E-state index in [2.05, 4.69) is 15.6 Å². The van der Waals surface area contributed by atoms with Gasteiger partial charge in [0.2, 0.25) is 0 Å². The van der Waals surface area contributed by atoms with Crippen molar-refractivity contribution >= 4 is 17.5 Å². The molecule has 0 unspecified atom stereocenters. The van der Waals surface area contributed by atoms with Gasteiger partial charge in [0.25, 0.3) is 11.8 Å². The molecule has 7 nitrogen and oxygen atoms in total. The van der Waals surface area contributed by atoms with Crippen LogP contribution in [0.1, 0.15) is 27.3 Å². The Bertz CT molecular complexity index is 762. The van der Waals surface area contributed by atoms with Gasteiger partial charge in [0.15, 0.2) is 0 Å². The van der Waals surface area contributed by atoms with E-state index in [1.54, 1.807) is 37.4 Å². The molecular formula is C19H24N4O3. The molecule has 138 valence electrons. The fraction of sp³-hybridized carbons (Fsp3) is 0.316. The molecule has 1 aromatic heterocycles. The van der Waals surface area contributed by atoms with E-state index in [4.69, 9.17) is 4.74 Å². The highest BCUT2D eigenvalue weighted by Crippen LogP contribution is 2.17. The number of nitrogens with one attached hydrogen (secondary N) is 2. The molecule has 2 amide bonds. The fourth-order valence-electron chi connectivity index (χ4n) is 2.29. The topological polar surface area (TPSA) is 83.6 Å². The average Bonchev–Trinajstić information content (AvgIpc) is 2.65. The molecule has 26 heavy (non-hydrogen) atoms. The fourth-order valence-corrected chi connectivity index (χ4v) is 2.29. The number of carbonyl (C=O) groups excluding carboxylic acids is 2. The normalized spacial score (nSPS) is 10.5. The maximum Gasteiger partial charge on any atom is 0.269 e. The molecule has 0 aliphatic heterocycles. The molecule has 0 saturated carbocycles. The summed E-state index contributed by atoms with van der Waals surface area (Å²) in [5.74, 6) is 0.0393. The van der Waals surface area contributed by atoms with Gasteiger partial charge < -0.3 is 20.3 Å². The predicted molar refractivity (Wildman–Crippen MR) is 101 cm³/mol. The average molecular weight is 356 g/mol. The van der Waals surface area contributed by atoms with Crippen molar-refractivity contribution in [1.82, 2.24) is 15.2 Å². The SMILES string of the molecule is COc1cccc(NC(=O)c2ccnc(C(=O)NCCCN(C)C)c2)c1. The Hall–Kier alpha value is -2.93. The van der Waals surface area contributed by atoms with E-state index in [-0.39, 0.29) is 17.5 Å². The van der Waals surface area contributed by atoms with E-state index in [0.717, 1.165) is 13.0 Å². The number of rotatable bonds is 8. The summed E-state index contributed by atoms with van der Waals surface area (Å²) in [6.45, 7) is 1.44. The maximum absolute atomic E-state index is 12.4. The smallest absolute Gasteiger partial charge is 0.269 e. The Labute approximate surface area is 153 Å². The summed E-state index contributed by atoms with van der Waals surface area (Å²) in [7, 11) is 5.52. The first-order valence-corrected chi connectivity index (χ1v) is 8.34. The summed E-state index contributed by atoms with van der Waals surface area (Å²) in [4.78, 5) is 30.7. The lowest BCUT2D eigenvalue weighted by Gasteiger charge is -2.10. The van der Waals surface area contributed by atoms with Gasteiger partial charge in [0, 0.05) is 30.1 Å². The van der Waals surface area contributed by atoms with E-state index < -0.39 is 0 Å². The first kappa shape index (κ1) is 19.4. The Morgan fingerprint density at radius 3 is 2.69 bits per heavy atom. The van der Waals surface area contributed by atoms with Gasteiger partial charge in [-0.15, -0.1) is 0 Å². The van der Waals surface area contributed by atoms with Crippen LogP contribution in [0.2, 0.25) is 0 Å². The lowest BCUT2D eigenvalue weighted by Crippen LogP contribution is -2.28. The van der Waals surface area contributed by atoms with E-state index >= 15 is 0 Å². The van der Waals surface area contributed by atoms with Crippen LogP contribution in [0.3, 0.4) is 0 Å². The van der Waals surface area contributed by atoms with Crippen molar-refractivity contribution in [1.29, 1.82) is 0 Å². The number of hydrogen-bond donors (Lipinski definition) is 2. The molecule has 7 heteroatoms. The second-order valence-electron chi connectivity index (χ2n) is 6.03. The number of hydrogen-bond acceptors (Lipinski definition) is 5. The molecular weight excluding hydrogens is 332 g/mol. The number of amides is 2. The third-order valence-corrected chi connectivity index (χ3v) is 3.65. The van der Waals surface area contributed by atoms with E-state index in [9.17, 15) is 9.59 Å². The van der Waals surface area contributed by atoms with Crippen LogP contribution in [-0.2, 0) is 0 Å². The number of ether oxygens (including phenoxy) is 1. The molecule has 0 fully saturated rings. The Kier molecular flexibility index (Phi) is 7.11. The first-order chi connectivity index (χ1) is 12.5. The molecule has 0 radical (unpaired) electrons. The summed E-state index contributed by atoms with van der Waals surface area (Å²) in [5, 5.41) is 5.59.